The average molecular weight is 228 g/mol. The van der Waals surface area contributed by atoms with Crippen molar-refractivity contribution in [2.24, 2.45) is 5.73 Å². The Morgan fingerprint density at radius 3 is 2.69 bits per heavy atom. The fourth-order valence-electron chi connectivity index (χ4n) is 1.03. The summed E-state index contributed by atoms with van der Waals surface area (Å²) in [6.07, 6.45) is 0.399. The van der Waals surface area contributed by atoms with Crippen LogP contribution in [0.5, 0.6) is 0 Å². The Morgan fingerprint density at radius 1 is 1.50 bits per heavy atom. The molecule has 16 heavy (non-hydrogen) atoms. The van der Waals surface area contributed by atoms with E-state index < -0.39 is 23.1 Å². The largest absolute Gasteiger partial charge is 0.322 e. The molecule has 3 nitrogen and oxygen atoms in total. The summed E-state index contributed by atoms with van der Waals surface area (Å²) in [5.74, 6) is -2.63. The van der Waals surface area contributed by atoms with E-state index >= 15 is 0 Å². The lowest BCUT2D eigenvalue weighted by atomic mass is 9.99. The molecule has 0 bridgehead atoms. The molecule has 0 saturated carbocycles. The molecule has 1 amide bonds. The molecule has 3 N–H and O–H groups in total. The molecule has 0 radical (unpaired) electrons. The maximum Gasteiger partial charge on any atom is 0.244 e. The first-order chi connectivity index (χ1) is 7.38. The molecule has 1 rings (SSSR count). The van der Waals surface area contributed by atoms with Crippen LogP contribution in [0.25, 0.3) is 0 Å². The van der Waals surface area contributed by atoms with E-state index in [1.54, 1.807) is 6.92 Å². The topological polar surface area (TPSA) is 55.1 Å². The van der Waals surface area contributed by atoms with Gasteiger partial charge in [-0.2, -0.15) is 0 Å². The average Bonchev–Trinajstić information content (AvgIpc) is 2.24. The molecule has 1 unspecified atom stereocenters. The van der Waals surface area contributed by atoms with Crippen LogP contribution in [-0.2, 0) is 4.79 Å². The van der Waals surface area contributed by atoms with Crippen molar-refractivity contribution in [3.05, 3.63) is 29.8 Å². The third-order valence-corrected chi connectivity index (χ3v) is 2.45. The van der Waals surface area contributed by atoms with Crippen molar-refractivity contribution in [2.45, 2.75) is 25.8 Å². The van der Waals surface area contributed by atoms with Crippen molar-refractivity contribution in [3.8, 4) is 0 Å². The van der Waals surface area contributed by atoms with Gasteiger partial charge in [-0.05, 0) is 25.5 Å². The second-order valence-electron chi connectivity index (χ2n) is 3.83. The number of nitrogens with two attached hydrogens (primary N) is 1. The Kier molecular flexibility index (Phi) is 3.59. The molecule has 0 aliphatic heterocycles. The first-order valence-corrected chi connectivity index (χ1v) is 4.93. The van der Waals surface area contributed by atoms with Gasteiger partial charge in [0.05, 0.1) is 11.2 Å². The predicted molar refractivity (Wildman–Crippen MR) is 57.9 cm³/mol. The zero-order valence-electron chi connectivity index (χ0n) is 9.18. The van der Waals surface area contributed by atoms with Gasteiger partial charge in [0.2, 0.25) is 5.91 Å². The van der Waals surface area contributed by atoms with E-state index in [0.29, 0.717) is 6.42 Å². The van der Waals surface area contributed by atoms with E-state index in [1.807, 2.05) is 0 Å². The van der Waals surface area contributed by atoms with Crippen molar-refractivity contribution < 1.29 is 13.6 Å². The molecule has 0 fully saturated rings. The van der Waals surface area contributed by atoms with Crippen molar-refractivity contribution in [2.75, 3.05) is 5.32 Å². The molecule has 0 saturated heterocycles. The lowest BCUT2D eigenvalue weighted by Gasteiger charge is -2.21. The zero-order valence-corrected chi connectivity index (χ0v) is 9.18. The molecule has 88 valence electrons. The van der Waals surface area contributed by atoms with E-state index in [0.717, 1.165) is 6.07 Å². The maximum atomic E-state index is 13.2. The number of benzene rings is 1. The van der Waals surface area contributed by atoms with Crippen LogP contribution >= 0.6 is 0 Å². The number of anilines is 1. The quantitative estimate of drug-likeness (QED) is 0.831. The summed E-state index contributed by atoms with van der Waals surface area (Å²) in [4.78, 5) is 11.6. The Labute approximate surface area is 92.6 Å². The fourth-order valence-corrected chi connectivity index (χ4v) is 1.03. The third kappa shape index (κ3) is 2.55. The normalized spacial score (nSPS) is 14.3. The smallest absolute Gasteiger partial charge is 0.244 e. The molecule has 0 aromatic heterocycles. The van der Waals surface area contributed by atoms with Gasteiger partial charge in [-0.3, -0.25) is 4.79 Å². The standard InChI is InChI=1S/C11H14F2N2O/c1-3-11(2,14)10(16)15-8-6-4-5-7(12)9(8)13/h4-6H,3,14H2,1-2H3,(H,15,16). The SMILES string of the molecule is CCC(C)(N)C(=O)Nc1cccc(F)c1F. The third-order valence-electron chi connectivity index (χ3n) is 2.45. The van der Waals surface area contributed by atoms with Crippen LogP contribution in [0.3, 0.4) is 0 Å². The van der Waals surface area contributed by atoms with Gasteiger partial charge in [-0.15, -0.1) is 0 Å². The summed E-state index contributed by atoms with van der Waals surface area (Å²) in [6.45, 7) is 3.26. The molecule has 1 aromatic carbocycles. The number of hydrogen-bond donors (Lipinski definition) is 2. The molecular weight excluding hydrogens is 214 g/mol. The van der Waals surface area contributed by atoms with Crippen LogP contribution in [0.2, 0.25) is 0 Å². The van der Waals surface area contributed by atoms with Crippen LogP contribution < -0.4 is 11.1 Å². The minimum Gasteiger partial charge on any atom is -0.322 e. The number of carbonyl (C=O) groups is 1. The van der Waals surface area contributed by atoms with Crippen molar-refractivity contribution >= 4 is 11.6 Å². The molecule has 0 spiro atoms. The number of rotatable bonds is 3. The summed E-state index contributed by atoms with van der Waals surface area (Å²) in [5, 5.41) is 2.26. The molecule has 0 aliphatic rings. The van der Waals surface area contributed by atoms with Crippen molar-refractivity contribution in [3.63, 3.8) is 0 Å². The highest BCUT2D eigenvalue weighted by Gasteiger charge is 2.26. The summed E-state index contributed by atoms with van der Waals surface area (Å²) in [5.41, 5.74) is 4.37. The van der Waals surface area contributed by atoms with E-state index in [2.05, 4.69) is 5.32 Å². The highest BCUT2D eigenvalue weighted by atomic mass is 19.2. The minimum atomic E-state index is -1.10. The van der Waals surface area contributed by atoms with Crippen LogP contribution in [0.4, 0.5) is 14.5 Å². The van der Waals surface area contributed by atoms with Gasteiger partial charge < -0.3 is 11.1 Å². The Morgan fingerprint density at radius 2 is 2.12 bits per heavy atom. The van der Waals surface area contributed by atoms with Gasteiger partial charge in [0.15, 0.2) is 11.6 Å². The number of nitrogens with one attached hydrogen (secondary N) is 1. The van der Waals surface area contributed by atoms with Gasteiger partial charge in [0.1, 0.15) is 0 Å². The highest BCUT2D eigenvalue weighted by molar-refractivity contribution is 5.97. The molecular formula is C11H14F2N2O. The Balaban J connectivity index is 2.90. The maximum absolute atomic E-state index is 13.2. The molecule has 5 heteroatoms. The summed E-state index contributed by atoms with van der Waals surface area (Å²) in [7, 11) is 0. The first kappa shape index (κ1) is 12.6. The van der Waals surface area contributed by atoms with E-state index in [9.17, 15) is 13.6 Å². The summed E-state index contributed by atoms with van der Waals surface area (Å²) >= 11 is 0. The molecule has 0 heterocycles. The van der Waals surface area contributed by atoms with Gasteiger partial charge in [0, 0.05) is 0 Å². The minimum absolute atomic E-state index is 0.199. The van der Waals surface area contributed by atoms with Crippen LogP contribution in [-0.4, -0.2) is 11.4 Å². The lowest BCUT2D eigenvalue weighted by Crippen LogP contribution is -2.47. The highest BCUT2D eigenvalue weighted by Crippen LogP contribution is 2.18. The van der Waals surface area contributed by atoms with Crippen LogP contribution in [0, 0.1) is 11.6 Å². The van der Waals surface area contributed by atoms with Gasteiger partial charge >= 0.3 is 0 Å². The number of amides is 1. The Hall–Kier alpha value is -1.49. The van der Waals surface area contributed by atoms with Crippen molar-refractivity contribution in [1.82, 2.24) is 0 Å². The second kappa shape index (κ2) is 4.57. The number of hydrogen-bond acceptors (Lipinski definition) is 2. The monoisotopic (exact) mass is 228 g/mol. The van der Waals surface area contributed by atoms with Gasteiger partial charge in [0.25, 0.3) is 0 Å². The number of carbonyl (C=O) groups excluding carboxylic acids is 1. The lowest BCUT2D eigenvalue weighted by molar-refractivity contribution is -0.120. The Bertz CT molecular complexity index is 405. The van der Waals surface area contributed by atoms with Gasteiger partial charge in [-0.1, -0.05) is 13.0 Å². The second-order valence-corrected chi connectivity index (χ2v) is 3.83. The van der Waals surface area contributed by atoms with Crippen LogP contribution in [0.1, 0.15) is 20.3 Å². The van der Waals surface area contributed by atoms with Gasteiger partial charge in [-0.25, -0.2) is 8.78 Å². The van der Waals surface area contributed by atoms with E-state index in [-0.39, 0.29) is 5.69 Å². The zero-order chi connectivity index (χ0) is 12.3. The number of halogens is 2. The van der Waals surface area contributed by atoms with E-state index in [1.165, 1.54) is 19.1 Å². The molecule has 1 aromatic rings. The van der Waals surface area contributed by atoms with Crippen molar-refractivity contribution in [1.29, 1.82) is 0 Å². The first-order valence-electron chi connectivity index (χ1n) is 4.93. The van der Waals surface area contributed by atoms with Crippen LogP contribution in [0.15, 0.2) is 18.2 Å². The summed E-state index contributed by atoms with van der Waals surface area (Å²) in [6, 6.07) is 3.57. The van der Waals surface area contributed by atoms with E-state index in [4.69, 9.17) is 5.73 Å². The molecule has 0 aliphatic carbocycles. The summed E-state index contributed by atoms with van der Waals surface area (Å²) < 4.78 is 26.1. The fraction of sp³-hybridized carbons (Fsp3) is 0.364. The molecule has 1 atom stereocenters. The predicted octanol–water partition coefficient (Wildman–Crippen LogP) is 2.03.